The minimum Gasteiger partial charge on any atom is -0.322 e. The van der Waals surface area contributed by atoms with Crippen molar-refractivity contribution in [3.05, 3.63) is 64.4 Å². The summed E-state index contributed by atoms with van der Waals surface area (Å²) < 4.78 is 13.7. The molecule has 0 atom stereocenters. The molecule has 0 aliphatic carbocycles. The summed E-state index contributed by atoms with van der Waals surface area (Å²) in [7, 11) is 0. The Kier molecular flexibility index (Phi) is 4.56. The van der Waals surface area contributed by atoms with Crippen LogP contribution in [0.5, 0.6) is 0 Å². The number of halogens is 3. The molecule has 0 radical (unpaired) electrons. The molecule has 1 N–H and O–H groups in total. The van der Waals surface area contributed by atoms with Gasteiger partial charge in [-0.15, -0.1) is 0 Å². The van der Waals surface area contributed by atoms with E-state index in [-0.39, 0.29) is 10.6 Å². The van der Waals surface area contributed by atoms with Crippen LogP contribution in [0.4, 0.5) is 10.1 Å². The molecule has 0 saturated carbocycles. The Labute approximate surface area is 123 Å². The molecule has 98 valence electrons. The van der Waals surface area contributed by atoms with Gasteiger partial charge in [-0.25, -0.2) is 4.39 Å². The molecule has 0 heterocycles. The summed E-state index contributed by atoms with van der Waals surface area (Å²) in [5, 5.41) is 3.30. The van der Waals surface area contributed by atoms with Gasteiger partial charge in [-0.2, -0.15) is 0 Å². The van der Waals surface area contributed by atoms with Crippen molar-refractivity contribution >= 4 is 39.1 Å². The topological polar surface area (TPSA) is 29.1 Å². The van der Waals surface area contributed by atoms with E-state index in [9.17, 15) is 9.18 Å². The second-order valence-electron chi connectivity index (χ2n) is 3.89. The van der Waals surface area contributed by atoms with Crippen LogP contribution >= 0.6 is 27.5 Å². The quantitative estimate of drug-likeness (QED) is 0.810. The monoisotopic (exact) mass is 341 g/mol. The van der Waals surface area contributed by atoms with Crippen molar-refractivity contribution in [1.82, 2.24) is 0 Å². The molecule has 0 aliphatic heterocycles. The summed E-state index contributed by atoms with van der Waals surface area (Å²) in [5.74, 6) is -1.23. The number of amides is 1. The molecule has 0 saturated heterocycles. The molecule has 0 spiro atoms. The number of rotatable bonds is 3. The highest BCUT2D eigenvalue weighted by Crippen LogP contribution is 2.19. The Bertz CT molecular complexity index is 601. The molecule has 5 heteroatoms. The van der Waals surface area contributed by atoms with Crippen LogP contribution in [0.25, 0.3) is 0 Å². The highest BCUT2D eigenvalue weighted by atomic mass is 79.9. The SMILES string of the molecule is O=C(Nc1ccc(CBr)cc1)c1cccc(Cl)c1F. The van der Waals surface area contributed by atoms with Crippen LogP contribution in [0.15, 0.2) is 42.5 Å². The summed E-state index contributed by atoms with van der Waals surface area (Å²) in [6.45, 7) is 0. The number of hydrogen-bond acceptors (Lipinski definition) is 1. The average molecular weight is 343 g/mol. The molecule has 19 heavy (non-hydrogen) atoms. The lowest BCUT2D eigenvalue weighted by Gasteiger charge is -2.07. The van der Waals surface area contributed by atoms with Crippen LogP contribution in [0.1, 0.15) is 15.9 Å². The van der Waals surface area contributed by atoms with Gasteiger partial charge >= 0.3 is 0 Å². The van der Waals surface area contributed by atoms with Crippen LogP contribution in [-0.4, -0.2) is 5.91 Å². The first kappa shape index (κ1) is 14.0. The first-order chi connectivity index (χ1) is 9.11. The summed E-state index contributed by atoms with van der Waals surface area (Å²) in [4.78, 5) is 11.9. The lowest BCUT2D eigenvalue weighted by atomic mass is 10.2. The summed E-state index contributed by atoms with van der Waals surface area (Å²) in [6.07, 6.45) is 0. The van der Waals surface area contributed by atoms with Gasteiger partial charge in [0.05, 0.1) is 10.6 Å². The Hall–Kier alpha value is -1.39. The van der Waals surface area contributed by atoms with Gasteiger partial charge in [0, 0.05) is 11.0 Å². The standard InChI is InChI=1S/C14H10BrClFNO/c15-8-9-4-6-10(7-5-9)18-14(19)11-2-1-3-12(16)13(11)17/h1-7H,8H2,(H,18,19). The Balaban J connectivity index is 2.18. The first-order valence-corrected chi connectivity index (χ1v) is 7.02. The van der Waals surface area contributed by atoms with Crippen LogP contribution < -0.4 is 5.32 Å². The van der Waals surface area contributed by atoms with Crippen molar-refractivity contribution in [2.24, 2.45) is 0 Å². The van der Waals surface area contributed by atoms with E-state index in [1.807, 2.05) is 12.1 Å². The van der Waals surface area contributed by atoms with Crippen LogP contribution in [0.3, 0.4) is 0 Å². The van der Waals surface area contributed by atoms with Crippen LogP contribution in [0, 0.1) is 5.82 Å². The number of anilines is 1. The average Bonchev–Trinajstić information content (AvgIpc) is 2.42. The normalized spacial score (nSPS) is 10.3. The molecule has 0 bridgehead atoms. The van der Waals surface area contributed by atoms with Gasteiger partial charge in [0.1, 0.15) is 0 Å². The molecule has 2 nitrogen and oxygen atoms in total. The van der Waals surface area contributed by atoms with Gasteiger partial charge in [-0.05, 0) is 29.8 Å². The summed E-state index contributed by atoms with van der Waals surface area (Å²) >= 11 is 8.98. The third-order valence-electron chi connectivity index (χ3n) is 2.56. The van der Waals surface area contributed by atoms with Crippen molar-refractivity contribution in [2.45, 2.75) is 5.33 Å². The molecule has 0 unspecified atom stereocenters. The number of alkyl halides is 1. The minimum absolute atomic E-state index is 0.0673. The highest BCUT2D eigenvalue weighted by molar-refractivity contribution is 9.08. The molecule has 1 amide bonds. The summed E-state index contributed by atoms with van der Waals surface area (Å²) in [5.41, 5.74) is 1.62. The van der Waals surface area contributed by atoms with Gasteiger partial charge in [0.15, 0.2) is 5.82 Å². The maximum atomic E-state index is 13.7. The molecule has 0 aromatic heterocycles. The van der Waals surface area contributed by atoms with Gasteiger partial charge < -0.3 is 5.32 Å². The molecule has 0 aliphatic rings. The molecule has 2 aromatic rings. The number of carbonyl (C=O) groups is 1. The Morgan fingerprint density at radius 1 is 1.21 bits per heavy atom. The van der Waals surface area contributed by atoms with Crippen molar-refractivity contribution in [1.29, 1.82) is 0 Å². The fraction of sp³-hybridized carbons (Fsp3) is 0.0714. The van der Waals surface area contributed by atoms with E-state index in [0.717, 1.165) is 10.9 Å². The van der Waals surface area contributed by atoms with Crippen LogP contribution in [-0.2, 0) is 5.33 Å². The van der Waals surface area contributed by atoms with Gasteiger partial charge in [0.25, 0.3) is 5.91 Å². The van der Waals surface area contributed by atoms with Crippen molar-refractivity contribution in [3.8, 4) is 0 Å². The lowest BCUT2D eigenvalue weighted by molar-refractivity contribution is 0.102. The fourth-order valence-electron chi connectivity index (χ4n) is 1.55. The second kappa shape index (κ2) is 6.17. The van der Waals surface area contributed by atoms with E-state index in [0.29, 0.717) is 5.69 Å². The van der Waals surface area contributed by atoms with Gasteiger partial charge in [-0.3, -0.25) is 4.79 Å². The molecular weight excluding hydrogens is 333 g/mol. The zero-order chi connectivity index (χ0) is 13.8. The first-order valence-electron chi connectivity index (χ1n) is 5.52. The largest absolute Gasteiger partial charge is 0.322 e. The predicted octanol–water partition coefficient (Wildman–Crippen LogP) is 4.63. The van der Waals surface area contributed by atoms with Crippen molar-refractivity contribution in [2.75, 3.05) is 5.32 Å². The van der Waals surface area contributed by atoms with Crippen molar-refractivity contribution < 1.29 is 9.18 Å². The minimum atomic E-state index is -0.709. The third-order valence-corrected chi connectivity index (χ3v) is 3.50. The van der Waals surface area contributed by atoms with E-state index in [1.165, 1.54) is 18.2 Å². The molecular formula is C14H10BrClFNO. The number of benzene rings is 2. The zero-order valence-corrected chi connectivity index (χ0v) is 12.1. The number of hydrogen-bond donors (Lipinski definition) is 1. The van der Waals surface area contributed by atoms with E-state index in [1.54, 1.807) is 12.1 Å². The summed E-state index contributed by atoms with van der Waals surface area (Å²) in [6, 6.07) is 11.6. The van der Waals surface area contributed by atoms with E-state index in [4.69, 9.17) is 11.6 Å². The lowest BCUT2D eigenvalue weighted by Crippen LogP contribution is -2.13. The van der Waals surface area contributed by atoms with E-state index >= 15 is 0 Å². The third kappa shape index (κ3) is 3.33. The van der Waals surface area contributed by atoms with E-state index in [2.05, 4.69) is 21.2 Å². The maximum absolute atomic E-state index is 13.7. The second-order valence-corrected chi connectivity index (χ2v) is 4.85. The highest BCUT2D eigenvalue weighted by Gasteiger charge is 2.14. The predicted molar refractivity (Wildman–Crippen MR) is 78.4 cm³/mol. The Morgan fingerprint density at radius 2 is 1.89 bits per heavy atom. The van der Waals surface area contributed by atoms with Crippen LogP contribution in [0.2, 0.25) is 5.02 Å². The molecule has 2 rings (SSSR count). The fourth-order valence-corrected chi connectivity index (χ4v) is 2.10. The number of nitrogens with one attached hydrogen (secondary N) is 1. The van der Waals surface area contributed by atoms with Crippen molar-refractivity contribution in [3.63, 3.8) is 0 Å². The zero-order valence-electron chi connectivity index (χ0n) is 9.79. The molecule has 2 aromatic carbocycles. The number of carbonyl (C=O) groups excluding carboxylic acids is 1. The Morgan fingerprint density at radius 3 is 2.53 bits per heavy atom. The van der Waals surface area contributed by atoms with Gasteiger partial charge in [-0.1, -0.05) is 45.7 Å². The van der Waals surface area contributed by atoms with E-state index < -0.39 is 11.7 Å². The van der Waals surface area contributed by atoms with Gasteiger partial charge in [0.2, 0.25) is 0 Å². The smallest absolute Gasteiger partial charge is 0.258 e. The molecule has 0 fully saturated rings. The maximum Gasteiger partial charge on any atom is 0.258 e.